The highest BCUT2D eigenvalue weighted by atomic mass is 16.3. The standard InChI is InChI=1S/C24H29N3O7/c1-26(2)13-6-7-14(28)16-11(13)8-10-9-12-18(27(3,4)5)20(30)17(23(25)33)22(32)24(12,34)21(31)15(10)19(16)29/h6-7,10,12,15,17-18,34H,8-9H2,1-5H3,(H2-,25,28,29,33)/p+1/t10-,12-,15?,17?,18-,24-/m0/s1. The summed E-state index contributed by atoms with van der Waals surface area (Å²) < 4.78 is -0.0399. The molecule has 4 N–H and O–H groups in total. The van der Waals surface area contributed by atoms with Crippen molar-refractivity contribution in [3.63, 3.8) is 0 Å². The van der Waals surface area contributed by atoms with Gasteiger partial charge in [-0.05, 0) is 36.5 Å². The summed E-state index contributed by atoms with van der Waals surface area (Å²) >= 11 is 0. The number of fused-ring (bicyclic) bond motifs is 3. The topological polar surface area (TPSA) is 155 Å². The second kappa shape index (κ2) is 7.44. The SMILES string of the molecule is CN(C)c1ccc(O)c2c1C[C@H]1C[C@H]3[C@H]([N+](C)(C)C)C(=O)C(C(N)=O)C(=O)[C@@]3(O)C(=O)C1C2=O. The van der Waals surface area contributed by atoms with Gasteiger partial charge < -0.3 is 25.3 Å². The molecular formula is C24H30N3O7+. The number of quaternary nitrogens is 1. The van der Waals surface area contributed by atoms with E-state index >= 15 is 0 Å². The first kappa shape index (κ1) is 24.0. The van der Waals surface area contributed by atoms with Crippen molar-refractivity contribution in [3.8, 4) is 5.75 Å². The smallest absolute Gasteiger partial charge is 0.235 e. The van der Waals surface area contributed by atoms with Crippen LogP contribution in [0.2, 0.25) is 0 Å². The van der Waals surface area contributed by atoms with E-state index in [0.717, 1.165) is 0 Å². The molecule has 4 rings (SSSR count). The van der Waals surface area contributed by atoms with Gasteiger partial charge in [0.15, 0.2) is 34.9 Å². The highest BCUT2D eigenvalue weighted by molar-refractivity contribution is 6.32. The number of nitrogens with two attached hydrogens (primary N) is 1. The minimum atomic E-state index is -2.70. The van der Waals surface area contributed by atoms with E-state index in [1.165, 1.54) is 6.07 Å². The largest absolute Gasteiger partial charge is 0.507 e. The molecule has 10 nitrogen and oxygen atoms in total. The zero-order valence-electron chi connectivity index (χ0n) is 19.9. The molecule has 2 fully saturated rings. The molecule has 0 saturated heterocycles. The number of carbonyl (C=O) groups is 5. The molecule has 0 aromatic heterocycles. The van der Waals surface area contributed by atoms with Crippen molar-refractivity contribution in [1.29, 1.82) is 0 Å². The van der Waals surface area contributed by atoms with Crippen LogP contribution in [0.25, 0.3) is 0 Å². The third-order valence-corrected chi connectivity index (χ3v) is 7.68. The first-order valence-corrected chi connectivity index (χ1v) is 11.2. The molecule has 1 amide bonds. The lowest BCUT2D eigenvalue weighted by Gasteiger charge is -2.53. The van der Waals surface area contributed by atoms with Crippen LogP contribution in [0.5, 0.6) is 5.75 Å². The maximum atomic E-state index is 13.8. The molecule has 1 aromatic rings. The number of hydrogen-bond acceptors (Lipinski definition) is 8. The van der Waals surface area contributed by atoms with Crippen LogP contribution in [0.1, 0.15) is 22.3 Å². The number of phenolic OH excluding ortho intramolecular Hbond substituents is 1. The number of phenols is 1. The van der Waals surface area contributed by atoms with Gasteiger partial charge in [0, 0.05) is 19.8 Å². The summed E-state index contributed by atoms with van der Waals surface area (Å²) in [5.41, 5.74) is 3.94. The maximum absolute atomic E-state index is 13.8. The highest BCUT2D eigenvalue weighted by Gasteiger charge is 2.71. The molecule has 6 atom stereocenters. The fraction of sp³-hybridized carbons (Fsp3) is 0.542. The molecule has 34 heavy (non-hydrogen) atoms. The maximum Gasteiger partial charge on any atom is 0.235 e. The number of anilines is 1. The summed E-state index contributed by atoms with van der Waals surface area (Å²) in [6.45, 7) is 0. The summed E-state index contributed by atoms with van der Waals surface area (Å²) in [4.78, 5) is 67.8. The summed E-state index contributed by atoms with van der Waals surface area (Å²) in [6.07, 6.45) is 0.293. The first-order valence-electron chi connectivity index (χ1n) is 11.2. The summed E-state index contributed by atoms with van der Waals surface area (Å²) in [5, 5.41) is 22.1. The minimum absolute atomic E-state index is 0.00297. The highest BCUT2D eigenvalue weighted by Crippen LogP contribution is 2.52. The Bertz CT molecular complexity index is 1150. The quantitative estimate of drug-likeness (QED) is 0.377. The Balaban J connectivity index is 1.91. The van der Waals surface area contributed by atoms with Gasteiger partial charge in [0.05, 0.1) is 38.5 Å². The lowest BCUT2D eigenvalue weighted by molar-refractivity contribution is -0.891. The predicted molar refractivity (Wildman–Crippen MR) is 120 cm³/mol. The van der Waals surface area contributed by atoms with Crippen LogP contribution in [0.3, 0.4) is 0 Å². The predicted octanol–water partition coefficient (Wildman–Crippen LogP) is -0.922. The van der Waals surface area contributed by atoms with Gasteiger partial charge in [0.2, 0.25) is 11.7 Å². The normalized spacial score (nSPS) is 33.2. The molecule has 2 saturated carbocycles. The summed E-state index contributed by atoms with van der Waals surface area (Å²) in [5.74, 6) is -10.2. The molecule has 182 valence electrons. The lowest BCUT2D eigenvalue weighted by Crippen LogP contribution is -2.76. The molecule has 0 bridgehead atoms. The fourth-order valence-corrected chi connectivity index (χ4v) is 6.31. The van der Waals surface area contributed by atoms with Gasteiger partial charge >= 0.3 is 0 Å². The van der Waals surface area contributed by atoms with Crippen LogP contribution >= 0.6 is 0 Å². The fourth-order valence-electron chi connectivity index (χ4n) is 6.31. The van der Waals surface area contributed by atoms with Crippen molar-refractivity contribution in [2.75, 3.05) is 40.1 Å². The van der Waals surface area contributed by atoms with E-state index in [9.17, 15) is 34.2 Å². The van der Waals surface area contributed by atoms with E-state index in [-0.39, 0.29) is 28.6 Å². The van der Waals surface area contributed by atoms with E-state index in [1.807, 2.05) is 0 Å². The van der Waals surface area contributed by atoms with Gasteiger partial charge in [0.1, 0.15) is 5.75 Å². The Kier molecular flexibility index (Phi) is 5.26. The second-order valence-corrected chi connectivity index (χ2v) is 10.8. The number of primary amides is 1. The van der Waals surface area contributed by atoms with Crippen LogP contribution in [-0.2, 0) is 25.6 Å². The number of nitrogens with zero attached hydrogens (tertiary/aromatic N) is 2. The molecule has 10 heteroatoms. The third-order valence-electron chi connectivity index (χ3n) is 7.68. The molecule has 3 aliphatic carbocycles. The van der Waals surface area contributed by atoms with Crippen molar-refractivity contribution in [2.24, 2.45) is 29.4 Å². The van der Waals surface area contributed by atoms with E-state index in [2.05, 4.69) is 0 Å². The van der Waals surface area contributed by atoms with Gasteiger partial charge in [-0.15, -0.1) is 0 Å². The number of amides is 1. The zero-order chi connectivity index (χ0) is 25.5. The molecule has 0 spiro atoms. The summed E-state index contributed by atoms with van der Waals surface area (Å²) in [7, 11) is 8.62. The van der Waals surface area contributed by atoms with E-state index in [1.54, 1.807) is 46.2 Å². The average molecular weight is 473 g/mol. The summed E-state index contributed by atoms with van der Waals surface area (Å²) in [6, 6.07) is 2.00. The Morgan fingerprint density at radius 2 is 1.74 bits per heavy atom. The van der Waals surface area contributed by atoms with Crippen molar-refractivity contribution in [3.05, 3.63) is 23.3 Å². The Labute approximate surface area is 196 Å². The van der Waals surface area contributed by atoms with Crippen molar-refractivity contribution in [1.82, 2.24) is 0 Å². The molecule has 1 aromatic carbocycles. The Morgan fingerprint density at radius 1 is 1.12 bits per heavy atom. The number of carbonyl (C=O) groups excluding carboxylic acids is 5. The van der Waals surface area contributed by atoms with Gasteiger partial charge in [-0.25, -0.2) is 0 Å². The van der Waals surface area contributed by atoms with E-state index in [0.29, 0.717) is 11.3 Å². The molecular weight excluding hydrogens is 442 g/mol. The van der Waals surface area contributed by atoms with Crippen LogP contribution in [0.4, 0.5) is 5.69 Å². The van der Waals surface area contributed by atoms with Crippen LogP contribution in [0, 0.1) is 23.7 Å². The first-order chi connectivity index (χ1) is 15.6. The molecule has 0 heterocycles. The number of aliphatic hydroxyl groups is 1. The Hall–Kier alpha value is -3.11. The number of aromatic hydroxyl groups is 1. The van der Waals surface area contributed by atoms with Crippen molar-refractivity contribution >= 4 is 34.7 Å². The number of rotatable bonds is 3. The molecule has 0 aliphatic heterocycles. The number of ketones is 4. The lowest BCUT2D eigenvalue weighted by atomic mass is 9.52. The van der Waals surface area contributed by atoms with Crippen LogP contribution in [-0.4, -0.2) is 90.6 Å². The van der Waals surface area contributed by atoms with Gasteiger partial charge in [-0.2, -0.15) is 0 Å². The molecule has 2 unspecified atom stereocenters. The number of Topliss-reactive ketones (excluding diaryl/α,β-unsaturated/α-hetero) is 4. The monoisotopic (exact) mass is 472 g/mol. The third kappa shape index (κ3) is 3.05. The second-order valence-electron chi connectivity index (χ2n) is 10.8. The number of likely N-dealkylation sites (N-methyl/N-ethyl adjacent to an activating group) is 1. The zero-order valence-corrected chi connectivity index (χ0v) is 19.9. The number of hydrogen-bond donors (Lipinski definition) is 3. The van der Waals surface area contributed by atoms with Gasteiger partial charge in [0.25, 0.3) is 0 Å². The van der Waals surface area contributed by atoms with E-state index < -0.39 is 64.4 Å². The van der Waals surface area contributed by atoms with Crippen LogP contribution in [0.15, 0.2) is 12.1 Å². The Morgan fingerprint density at radius 3 is 2.26 bits per heavy atom. The molecule has 3 aliphatic rings. The van der Waals surface area contributed by atoms with Gasteiger partial charge in [-0.3, -0.25) is 24.0 Å². The number of benzene rings is 1. The van der Waals surface area contributed by atoms with Gasteiger partial charge in [-0.1, -0.05) is 0 Å². The van der Waals surface area contributed by atoms with E-state index in [4.69, 9.17) is 5.73 Å². The van der Waals surface area contributed by atoms with Crippen molar-refractivity contribution < 1.29 is 38.7 Å². The van der Waals surface area contributed by atoms with Crippen LogP contribution < -0.4 is 10.6 Å². The average Bonchev–Trinajstić information content (AvgIpc) is 2.69. The molecule has 0 radical (unpaired) electrons. The van der Waals surface area contributed by atoms with Crippen molar-refractivity contribution in [2.45, 2.75) is 24.5 Å². The minimum Gasteiger partial charge on any atom is -0.507 e.